The van der Waals surface area contributed by atoms with E-state index >= 15 is 0 Å². The third kappa shape index (κ3) is 7.12. The quantitative estimate of drug-likeness (QED) is 0.116. The van der Waals surface area contributed by atoms with Gasteiger partial charge in [-0.15, -0.1) is 5.10 Å². The number of benzene rings is 6. The molecule has 0 amide bonds. The molecule has 2 atom stereocenters. The number of hydroxylamine groups is 2. The third-order valence-corrected chi connectivity index (χ3v) is 11.8. The van der Waals surface area contributed by atoms with Crippen LogP contribution in [0.2, 0.25) is 0 Å². The van der Waals surface area contributed by atoms with Crippen LogP contribution in [0.15, 0.2) is 163 Å². The summed E-state index contributed by atoms with van der Waals surface area (Å²) in [5.41, 5.74) is 7.65. The van der Waals surface area contributed by atoms with Crippen molar-refractivity contribution in [2.75, 3.05) is 13.7 Å². The molecule has 0 aliphatic carbocycles. The first-order valence-electron chi connectivity index (χ1n) is 20.7. The van der Waals surface area contributed by atoms with E-state index in [-0.39, 0.29) is 24.3 Å². The van der Waals surface area contributed by atoms with E-state index in [0.29, 0.717) is 36.1 Å². The maximum absolute atomic E-state index is 14.4. The molecule has 1 saturated heterocycles. The number of hydrogen-bond acceptors (Lipinski definition) is 8. The van der Waals surface area contributed by atoms with E-state index in [1.54, 1.807) is 5.06 Å². The first kappa shape index (κ1) is 38.9. The Labute approximate surface area is 349 Å². The van der Waals surface area contributed by atoms with E-state index < -0.39 is 5.54 Å². The van der Waals surface area contributed by atoms with Gasteiger partial charge in [-0.25, -0.2) is 9.67 Å². The zero-order valence-electron chi connectivity index (χ0n) is 33.8. The number of aliphatic hydroxyl groups is 1. The van der Waals surface area contributed by atoms with Crippen molar-refractivity contribution in [1.82, 2.24) is 34.8 Å². The van der Waals surface area contributed by atoms with Gasteiger partial charge in [0, 0.05) is 19.0 Å². The number of aromatic nitrogens is 6. The van der Waals surface area contributed by atoms with Crippen molar-refractivity contribution in [1.29, 1.82) is 0 Å². The molecule has 0 radical (unpaired) electrons. The molecular formula is C50H47N7O3. The summed E-state index contributed by atoms with van der Waals surface area (Å²) < 4.78 is 3.80. The first-order valence-corrected chi connectivity index (χ1v) is 20.7. The molecule has 6 aromatic carbocycles. The number of aryl methyl sites for hydroxylation is 1. The summed E-state index contributed by atoms with van der Waals surface area (Å²) in [5, 5.41) is 25.9. The summed E-state index contributed by atoms with van der Waals surface area (Å²) in [4.78, 5) is 25.2. The summed E-state index contributed by atoms with van der Waals surface area (Å²) in [5.74, 6) is 1.41. The lowest BCUT2D eigenvalue weighted by molar-refractivity contribution is -0.153. The highest BCUT2D eigenvalue weighted by molar-refractivity contribution is 5.81. The maximum Gasteiger partial charge on any atom is 0.261 e. The van der Waals surface area contributed by atoms with Crippen LogP contribution in [0, 0.1) is 0 Å². The molecule has 0 unspecified atom stereocenters. The van der Waals surface area contributed by atoms with Crippen molar-refractivity contribution in [3.05, 3.63) is 202 Å². The molecule has 9 rings (SSSR count). The van der Waals surface area contributed by atoms with Crippen molar-refractivity contribution in [3.8, 4) is 22.5 Å². The molecule has 3 heterocycles. The zero-order valence-corrected chi connectivity index (χ0v) is 33.8. The molecule has 300 valence electrons. The largest absolute Gasteiger partial charge is 0.394 e. The summed E-state index contributed by atoms with van der Waals surface area (Å²) in [7, 11) is 1.87. The van der Waals surface area contributed by atoms with Gasteiger partial charge in [-0.1, -0.05) is 159 Å². The number of rotatable bonds is 13. The smallest absolute Gasteiger partial charge is 0.261 e. The fraction of sp³-hybridized carbons (Fsp3) is 0.220. The van der Waals surface area contributed by atoms with Crippen molar-refractivity contribution in [3.63, 3.8) is 0 Å². The Morgan fingerprint density at radius 2 is 1.38 bits per heavy atom. The second kappa shape index (κ2) is 16.9. The van der Waals surface area contributed by atoms with Crippen LogP contribution in [-0.2, 0) is 23.3 Å². The molecule has 8 aromatic rings. The number of tetrazole rings is 1. The second-order valence-electron chi connectivity index (χ2n) is 15.5. The molecule has 1 aliphatic heterocycles. The predicted octanol–water partition coefficient (Wildman–Crippen LogP) is 8.62. The Hall–Kier alpha value is -6.59. The number of hydrogen-bond donors (Lipinski definition) is 1. The van der Waals surface area contributed by atoms with Crippen molar-refractivity contribution in [2.45, 2.75) is 56.8 Å². The van der Waals surface area contributed by atoms with Gasteiger partial charge in [-0.3, -0.25) is 14.2 Å². The van der Waals surface area contributed by atoms with E-state index in [2.05, 4.69) is 121 Å². The third-order valence-electron chi connectivity index (χ3n) is 11.8. The summed E-state index contributed by atoms with van der Waals surface area (Å²) in [6, 6.07) is 53.7. The zero-order chi connectivity index (χ0) is 41.1. The Bertz CT molecular complexity index is 2680. The maximum atomic E-state index is 14.4. The molecule has 1 fully saturated rings. The van der Waals surface area contributed by atoms with Crippen molar-refractivity contribution in [2.24, 2.45) is 0 Å². The summed E-state index contributed by atoms with van der Waals surface area (Å²) in [6.45, 7) is 2.48. The van der Waals surface area contributed by atoms with Crippen LogP contribution in [0.25, 0.3) is 33.4 Å². The minimum atomic E-state index is -0.889. The Morgan fingerprint density at radius 1 is 0.767 bits per heavy atom. The lowest BCUT2D eigenvalue weighted by Gasteiger charge is -2.36. The molecule has 1 N–H and O–H groups in total. The van der Waals surface area contributed by atoms with Crippen LogP contribution >= 0.6 is 0 Å². The van der Waals surface area contributed by atoms with Crippen molar-refractivity contribution < 1.29 is 9.94 Å². The van der Waals surface area contributed by atoms with Crippen LogP contribution in [0.3, 0.4) is 0 Å². The normalized spacial score (nSPS) is 15.8. The minimum Gasteiger partial charge on any atom is -0.394 e. The molecule has 0 bridgehead atoms. The summed E-state index contributed by atoms with van der Waals surface area (Å²) >= 11 is 0. The monoisotopic (exact) mass is 793 g/mol. The van der Waals surface area contributed by atoms with Crippen molar-refractivity contribution >= 4 is 10.9 Å². The van der Waals surface area contributed by atoms with E-state index in [9.17, 15) is 9.90 Å². The molecule has 10 heteroatoms. The van der Waals surface area contributed by atoms with Crippen LogP contribution < -0.4 is 5.56 Å². The highest BCUT2D eigenvalue weighted by Gasteiger charge is 2.42. The summed E-state index contributed by atoms with van der Waals surface area (Å²) in [6.07, 6.45) is 3.01. The van der Waals surface area contributed by atoms with E-state index in [1.165, 1.54) is 0 Å². The lowest BCUT2D eigenvalue weighted by Crippen LogP contribution is -2.39. The number of fused-ring (bicyclic) bond motifs is 1. The van der Waals surface area contributed by atoms with Gasteiger partial charge in [-0.2, -0.15) is 5.06 Å². The van der Waals surface area contributed by atoms with Crippen LogP contribution in [0.5, 0.6) is 0 Å². The Balaban J connectivity index is 1.10. The number of nitrogens with zero attached hydrogens (tertiary/aromatic N) is 7. The average molecular weight is 794 g/mol. The molecular weight excluding hydrogens is 747 g/mol. The molecule has 10 nitrogen and oxygen atoms in total. The topological polar surface area (TPSA) is 111 Å². The fourth-order valence-corrected chi connectivity index (χ4v) is 8.77. The predicted molar refractivity (Wildman–Crippen MR) is 234 cm³/mol. The lowest BCUT2D eigenvalue weighted by atomic mass is 9.77. The van der Waals surface area contributed by atoms with Gasteiger partial charge in [0.25, 0.3) is 5.56 Å². The highest BCUT2D eigenvalue weighted by atomic mass is 16.7. The number of aliphatic hydroxyl groups excluding tert-OH is 1. The van der Waals surface area contributed by atoms with Gasteiger partial charge < -0.3 is 5.11 Å². The molecule has 0 saturated carbocycles. The SMILES string of the molecule is CCCCc1nc2ccc([C@H]3C[C@H](CO)ON3C)cc2c(=O)n1Cc1ccc(-c2ccccc2-c2nnnn2C(c2ccccc2)(c2ccccc2)c2ccccc2)cc1. The van der Waals surface area contributed by atoms with Gasteiger partial charge in [0.2, 0.25) is 0 Å². The molecule has 1 aliphatic rings. The molecule has 0 spiro atoms. The number of unbranched alkanes of at least 4 members (excludes halogenated alkanes) is 1. The average Bonchev–Trinajstić information content (AvgIpc) is 3.95. The Morgan fingerprint density at radius 3 is 1.98 bits per heavy atom. The van der Waals surface area contributed by atoms with Gasteiger partial charge in [0.15, 0.2) is 5.82 Å². The Kier molecular flexibility index (Phi) is 11.0. The van der Waals surface area contributed by atoms with Crippen LogP contribution in [-0.4, -0.2) is 59.7 Å². The standard InChI is InChI=1S/C50H47N7O3/c1-3-4-24-47-51-45-30-29-37(46-32-41(34-58)60-55(46)2)31-44(45)49(59)56(47)33-35-25-27-36(28-26-35)42-22-14-15-23-43(42)48-52-53-54-57(48)50(38-16-8-5-9-17-38,39-18-10-6-11-19-39)40-20-12-7-13-21-40/h5-23,25-31,41,46,58H,3-4,24,32-34H2,1-2H3/t41-,46-/m1/s1. The van der Waals surface area contributed by atoms with Gasteiger partial charge in [0.1, 0.15) is 17.5 Å². The molecule has 2 aromatic heterocycles. The van der Waals surface area contributed by atoms with Gasteiger partial charge in [0.05, 0.1) is 30.1 Å². The van der Waals surface area contributed by atoms with Gasteiger partial charge in [-0.05, 0) is 74.3 Å². The minimum absolute atomic E-state index is 0.0513. The van der Waals surface area contributed by atoms with Crippen LogP contribution in [0.4, 0.5) is 0 Å². The van der Waals surface area contributed by atoms with Gasteiger partial charge >= 0.3 is 0 Å². The second-order valence-corrected chi connectivity index (χ2v) is 15.5. The van der Waals surface area contributed by atoms with E-state index in [4.69, 9.17) is 20.1 Å². The van der Waals surface area contributed by atoms with E-state index in [0.717, 1.165) is 63.2 Å². The first-order chi connectivity index (χ1) is 29.5. The molecule has 60 heavy (non-hydrogen) atoms. The fourth-order valence-electron chi connectivity index (χ4n) is 8.77. The highest BCUT2D eigenvalue weighted by Crippen LogP contribution is 2.43. The van der Waals surface area contributed by atoms with E-state index in [1.807, 2.05) is 64.8 Å². The van der Waals surface area contributed by atoms with Crippen LogP contribution in [0.1, 0.15) is 65.9 Å².